The zero-order chi connectivity index (χ0) is 25.1. The van der Waals surface area contributed by atoms with Gasteiger partial charge < -0.3 is 14.6 Å². The predicted molar refractivity (Wildman–Crippen MR) is 140 cm³/mol. The Kier molecular flexibility index (Phi) is 6.77. The van der Waals surface area contributed by atoms with Crippen LogP contribution in [-0.2, 0) is 4.74 Å². The minimum atomic E-state index is -0.561. The third-order valence-corrected chi connectivity index (χ3v) is 6.23. The fourth-order valence-corrected chi connectivity index (χ4v) is 4.37. The number of ether oxygens (including phenoxy) is 1. The first kappa shape index (κ1) is 23.7. The molecule has 0 unspecified atom stereocenters. The molecule has 0 spiro atoms. The van der Waals surface area contributed by atoms with Crippen LogP contribution in [0, 0.1) is 0 Å². The molecule has 1 aromatic carbocycles. The van der Waals surface area contributed by atoms with Crippen molar-refractivity contribution in [2.24, 2.45) is 0 Å². The quantitative estimate of drug-likeness (QED) is 0.409. The summed E-state index contributed by atoms with van der Waals surface area (Å²) >= 11 is 0. The molecule has 4 heterocycles. The lowest BCUT2D eigenvalue weighted by Gasteiger charge is -2.37. The van der Waals surface area contributed by atoms with Crippen LogP contribution in [0.2, 0.25) is 0 Å². The maximum Gasteiger partial charge on any atom is 0.413 e. The molecule has 0 radical (unpaired) electrons. The van der Waals surface area contributed by atoms with Gasteiger partial charge in [0.15, 0.2) is 0 Å². The monoisotopic (exact) mass is 486 g/mol. The lowest BCUT2D eigenvalue weighted by Crippen LogP contribution is -2.48. The van der Waals surface area contributed by atoms with Gasteiger partial charge in [0, 0.05) is 48.8 Å². The van der Waals surface area contributed by atoms with Crippen LogP contribution in [-0.4, -0.2) is 68.3 Å². The lowest BCUT2D eigenvalue weighted by atomic mass is 10.0. The Balaban J connectivity index is 1.49. The van der Waals surface area contributed by atoms with E-state index in [9.17, 15) is 4.79 Å². The molecular weight excluding hydrogens is 456 g/mol. The maximum atomic E-state index is 11.9. The SMILES string of the molecule is CCOC(=O)Nc1nc2c(-c3ccccn3)cc(-c3cnc(N4CCCN(C(C)C)C4)nc3)cc2[nH]1. The molecule has 0 bridgehead atoms. The van der Waals surface area contributed by atoms with Gasteiger partial charge >= 0.3 is 6.09 Å². The number of nitrogens with zero attached hydrogens (tertiary/aromatic N) is 6. The Bertz CT molecular complexity index is 1340. The summed E-state index contributed by atoms with van der Waals surface area (Å²) in [6.45, 7) is 9.33. The summed E-state index contributed by atoms with van der Waals surface area (Å²) in [6, 6.07) is 10.2. The highest BCUT2D eigenvalue weighted by Crippen LogP contribution is 2.33. The summed E-state index contributed by atoms with van der Waals surface area (Å²) in [5, 5.41) is 2.64. The van der Waals surface area contributed by atoms with Crippen LogP contribution in [0.3, 0.4) is 0 Å². The van der Waals surface area contributed by atoms with Crippen molar-refractivity contribution in [3.63, 3.8) is 0 Å². The average Bonchev–Trinajstić information content (AvgIpc) is 3.31. The van der Waals surface area contributed by atoms with Crippen LogP contribution in [0.5, 0.6) is 0 Å². The number of H-pyrrole nitrogens is 1. The summed E-state index contributed by atoms with van der Waals surface area (Å²) in [6.07, 6.45) is 5.99. The summed E-state index contributed by atoms with van der Waals surface area (Å²) in [7, 11) is 0. The molecule has 2 N–H and O–H groups in total. The summed E-state index contributed by atoms with van der Waals surface area (Å²) in [5.41, 5.74) is 4.87. The van der Waals surface area contributed by atoms with Gasteiger partial charge in [0.1, 0.15) is 0 Å². The average molecular weight is 487 g/mol. The number of imidazole rings is 1. The number of nitrogens with one attached hydrogen (secondary N) is 2. The number of carbonyl (C=O) groups excluding carboxylic acids is 1. The zero-order valence-corrected chi connectivity index (χ0v) is 20.7. The summed E-state index contributed by atoms with van der Waals surface area (Å²) in [4.78, 5) is 38.2. The molecule has 3 aromatic heterocycles. The van der Waals surface area contributed by atoms with Crippen LogP contribution in [0.25, 0.3) is 33.4 Å². The van der Waals surface area contributed by atoms with Gasteiger partial charge in [0.2, 0.25) is 11.9 Å². The maximum absolute atomic E-state index is 11.9. The second kappa shape index (κ2) is 10.3. The Morgan fingerprint density at radius 2 is 1.97 bits per heavy atom. The minimum absolute atomic E-state index is 0.276. The predicted octanol–water partition coefficient (Wildman–Crippen LogP) is 4.53. The molecule has 186 valence electrons. The van der Waals surface area contributed by atoms with E-state index < -0.39 is 6.09 Å². The van der Waals surface area contributed by atoms with Gasteiger partial charge in [-0.1, -0.05) is 6.07 Å². The van der Waals surface area contributed by atoms with Gasteiger partial charge in [-0.3, -0.25) is 15.2 Å². The standard InChI is InChI=1S/C26H30N8O2/c1-4-36-26(35)32-24-30-22-13-18(12-20(23(22)31-24)21-8-5-6-9-27-21)19-14-28-25(29-15-19)34-11-7-10-33(16-34)17(2)3/h5-6,8-9,12-15,17H,4,7,10-11,16H2,1-3H3,(H2,30,31,32,35). The van der Waals surface area contributed by atoms with Crippen molar-refractivity contribution >= 4 is 29.0 Å². The Labute approximate surface area is 209 Å². The molecule has 4 aromatic rings. The molecule has 10 nitrogen and oxygen atoms in total. The second-order valence-electron chi connectivity index (χ2n) is 9.00. The zero-order valence-electron chi connectivity index (χ0n) is 20.7. The van der Waals surface area contributed by atoms with Crippen molar-refractivity contribution in [3.05, 3.63) is 48.9 Å². The van der Waals surface area contributed by atoms with E-state index >= 15 is 0 Å². The number of aromatic nitrogens is 5. The topological polar surface area (TPSA) is 112 Å². The highest BCUT2D eigenvalue weighted by Gasteiger charge is 2.21. The van der Waals surface area contributed by atoms with E-state index in [1.165, 1.54) is 0 Å². The fraction of sp³-hybridized carbons (Fsp3) is 0.346. The van der Waals surface area contributed by atoms with Gasteiger partial charge in [-0.05, 0) is 57.0 Å². The normalized spacial score (nSPS) is 14.4. The van der Waals surface area contributed by atoms with Crippen molar-refractivity contribution < 1.29 is 9.53 Å². The van der Waals surface area contributed by atoms with Gasteiger partial charge in [-0.15, -0.1) is 0 Å². The Morgan fingerprint density at radius 1 is 1.14 bits per heavy atom. The molecule has 0 aliphatic carbocycles. The highest BCUT2D eigenvalue weighted by atomic mass is 16.5. The molecular formula is C26H30N8O2. The second-order valence-corrected chi connectivity index (χ2v) is 9.00. The van der Waals surface area contributed by atoms with Crippen LogP contribution < -0.4 is 10.2 Å². The van der Waals surface area contributed by atoms with E-state index in [1.54, 1.807) is 13.1 Å². The van der Waals surface area contributed by atoms with Crippen LogP contribution in [0.1, 0.15) is 27.2 Å². The fourth-order valence-electron chi connectivity index (χ4n) is 4.37. The first-order valence-electron chi connectivity index (χ1n) is 12.2. The van der Waals surface area contributed by atoms with Crippen molar-refractivity contribution in [1.82, 2.24) is 29.8 Å². The van der Waals surface area contributed by atoms with Crippen LogP contribution >= 0.6 is 0 Å². The lowest BCUT2D eigenvalue weighted by molar-refractivity contribution is 0.167. The molecule has 36 heavy (non-hydrogen) atoms. The summed E-state index contributed by atoms with van der Waals surface area (Å²) < 4.78 is 4.98. The van der Waals surface area contributed by atoms with Gasteiger partial charge in [0.25, 0.3) is 0 Å². The third kappa shape index (κ3) is 4.99. The number of rotatable bonds is 6. The molecule has 1 aliphatic heterocycles. The van der Waals surface area contributed by atoms with Crippen molar-refractivity contribution in [1.29, 1.82) is 0 Å². The number of pyridine rings is 1. The van der Waals surface area contributed by atoms with Crippen molar-refractivity contribution in [2.45, 2.75) is 33.2 Å². The van der Waals surface area contributed by atoms with Crippen LogP contribution in [0.4, 0.5) is 16.7 Å². The minimum Gasteiger partial charge on any atom is -0.450 e. The highest BCUT2D eigenvalue weighted by molar-refractivity contribution is 5.97. The molecule has 1 amide bonds. The number of aromatic amines is 1. The number of hydrogen-bond acceptors (Lipinski definition) is 8. The van der Waals surface area contributed by atoms with Gasteiger partial charge in [-0.25, -0.2) is 19.7 Å². The number of amides is 1. The number of anilines is 2. The first-order valence-corrected chi connectivity index (χ1v) is 12.2. The molecule has 5 rings (SSSR count). The van der Waals surface area contributed by atoms with E-state index in [0.29, 0.717) is 17.5 Å². The largest absolute Gasteiger partial charge is 0.450 e. The number of benzene rings is 1. The van der Waals surface area contributed by atoms with E-state index in [4.69, 9.17) is 14.7 Å². The third-order valence-electron chi connectivity index (χ3n) is 6.23. The smallest absolute Gasteiger partial charge is 0.413 e. The molecule has 1 fully saturated rings. The molecule has 0 saturated carbocycles. The number of carbonyl (C=O) groups is 1. The number of hydrogen-bond donors (Lipinski definition) is 2. The van der Waals surface area contributed by atoms with Gasteiger partial charge in [-0.2, -0.15) is 0 Å². The first-order chi connectivity index (χ1) is 17.5. The van der Waals surface area contributed by atoms with Gasteiger partial charge in [0.05, 0.1) is 30.0 Å². The van der Waals surface area contributed by atoms with Crippen molar-refractivity contribution in [3.8, 4) is 22.4 Å². The Hall–Kier alpha value is -4.05. The molecule has 10 heteroatoms. The number of fused-ring (bicyclic) bond motifs is 1. The van der Waals surface area contributed by atoms with Crippen LogP contribution in [0.15, 0.2) is 48.9 Å². The van der Waals surface area contributed by atoms with E-state index in [2.05, 4.69) is 43.9 Å². The van der Waals surface area contributed by atoms with E-state index in [1.807, 2.05) is 42.7 Å². The van der Waals surface area contributed by atoms with E-state index in [0.717, 1.165) is 60.0 Å². The molecule has 0 atom stereocenters. The van der Waals surface area contributed by atoms with E-state index in [-0.39, 0.29) is 6.61 Å². The molecule has 1 aliphatic rings. The summed E-state index contributed by atoms with van der Waals surface area (Å²) in [5.74, 6) is 1.04. The Morgan fingerprint density at radius 3 is 2.69 bits per heavy atom. The van der Waals surface area contributed by atoms with Crippen molar-refractivity contribution in [2.75, 3.05) is 36.6 Å². The molecule has 1 saturated heterocycles.